The van der Waals surface area contributed by atoms with Crippen molar-refractivity contribution >= 4 is 22.6 Å². The number of halogens is 1. The monoisotopic (exact) mass is 348 g/mol. The predicted octanol–water partition coefficient (Wildman–Crippen LogP) is 2.12. The third-order valence-corrected chi connectivity index (χ3v) is 3.88. The molecule has 1 aliphatic rings. The van der Waals surface area contributed by atoms with Gasteiger partial charge in [0, 0.05) is 19.3 Å². The molecule has 1 atom stereocenters. The molecule has 0 amide bonds. The summed E-state index contributed by atoms with van der Waals surface area (Å²) in [4.78, 5) is 16.1. The number of hydrogen-bond donors (Lipinski definition) is 0. The fourth-order valence-corrected chi connectivity index (χ4v) is 2.59. The predicted molar refractivity (Wildman–Crippen MR) is 74.2 cm³/mol. The van der Waals surface area contributed by atoms with Gasteiger partial charge in [-0.1, -0.05) is 0 Å². The summed E-state index contributed by atoms with van der Waals surface area (Å²) in [6.07, 6.45) is 6.40. The molecule has 17 heavy (non-hydrogen) atoms. The van der Waals surface area contributed by atoms with Gasteiger partial charge in [0.05, 0.1) is 9.67 Å². The number of nitrogens with zero attached hydrogens (tertiary/aromatic N) is 2. The molecule has 0 spiro atoms. The second-order valence-electron chi connectivity index (χ2n) is 4.39. The van der Waals surface area contributed by atoms with Crippen LogP contribution in [0.1, 0.15) is 31.5 Å². The second-order valence-corrected chi connectivity index (χ2v) is 5.55. The average molecular weight is 348 g/mol. The van der Waals surface area contributed by atoms with Gasteiger partial charge < -0.3 is 4.74 Å². The summed E-state index contributed by atoms with van der Waals surface area (Å²) in [5, 5.41) is 0. The van der Waals surface area contributed by atoms with Crippen LogP contribution in [0.4, 0.5) is 0 Å². The van der Waals surface area contributed by atoms with Crippen LogP contribution in [0.15, 0.2) is 11.0 Å². The van der Waals surface area contributed by atoms with Crippen LogP contribution >= 0.6 is 22.6 Å². The van der Waals surface area contributed by atoms with Crippen molar-refractivity contribution in [3.05, 3.63) is 25.9 Å². The van der Waals surface area contributed by atoms with Gasteiger partial charge in [0.1, 0.15) is 5.82 Å². The van der Waals surface area contributed by atoms with Crippen LogP contribution in [-0.4, -0.2) is 22.3 Å². The molecule has 4 nitrogen and oxygen atoms in total. The summed E-state index contributed by atoms with van der Waals surface area (Å²) >= 11 is 2.04. The van der Waals surface area contributed by atoms with Crippen molar-refractivity contribution in [3.8, 4) is 0 Å². The van der Waals surface area contributed by atoms with Gasteiger partial charge in [-0.2, -0.15) is 0 Å². The first-order valence-corrected chi connectivity index (χ1v) is 7.10. The third-order valence-electron chi connectivity index (χ3n) is 3.14. The zero-order valence-electron chi connectivity index (χ0n) is 9.99. The molecular weight excluding hydrogens is 331 g/mol. The highest BCUT2D eigenvalue weighted by molar-refractivity contribution is 14.1. The smallest absolute Gasteiger partial charge is 0.266 e. The van der Waals surface area contributed by atoms with Gasteiger partial charge in [-0.05, 0) is 55.2 Å². The minimum Gasteiger partial charge on any atom is -0.378 e. The molecule has 0 aliphatic carbocycles. The largest absolute Gasteiger partial charge is 0.378 e. The van der Waals surface area contributed by atoms with Crippen molar-refractivity contribution in [2.45, 2.75) is 45.3 Å². The van der Waals surface area contributed by atoms with E-state index in [2.05, 4.69) is 4.98 Å². The minimum atomic E-state index is 0.0745. The normalized spacial score (nSPS) is 19.8. The van der Waals surface area contributed by atoms with Gasteiger partial charge >= 0.3 is 0 Å². The molecule has 1 unspecified atom stereocenters. The van der Waals surface area contributed by atoms with Gasteiger partial charge in [0.15, 0.2) is 0 Å². The Bertz CT molecular complexity index is 439. The van der Waals surface area contributed by atoms with Crippen molar-refractivity contribution < 1.29 is 4.74 Å². The lowest BCUT2D eigenvalue weighted by atomic mass is 10.1. The molecule has 2 rings (SSSR count). The Hall–Kier alpha value is -0.430. The Morgan fingerprint density at radius 2 is 2.47 bits per heavy atom. The topological polar surface area (TPSA) is 44.1 Å². The molecule has 1 aromatic rings. The fourth-order valence-electron chi connectivity index (χ4n) is 2.16. The van der Waals surface area contributed by atoms with Gasteiger partial charge in [-0.15, -0.1) is 0 Å². The van der Waals surface area contributed by atoms with E-state index in [0.717, 1.165) is 31.8 Å². The van der Waals surface area contributed by atoms with Crippen molar-refractivity contribution in [1.82, 2.24) is 9.55 Å². The Morgan fingerprint density at radius 1 is 1.65 bits per heavy atom. The van der Waals surface area contributed by atoms with Crippen LogP contribution in [0.2, 0.25) is 0 Å². The van der Waals surface area contributed by atoms with E-state index in [9.17, 15) is 4.79 Å². The number of aryl methyl sites for hydroxylation is 1. The first kappa shape index (κ1) is 13.0. The number of rotatable bonds is 4. The molecule has 1 aromatic heterocycles. The van der Waals surface area contributed by atoms with Crippen LogP contribution in [0, 0.1) is 10.5 Å². The highest BCUT2D eigenvalue weighted by Gasteiger charge is 2.15. The van der Waals surface area contributed by atoms with E-state index in [4.69, 9.17) is 4.74 Å². The number of ether oxygens (including phenoxy) is 1. The van der Waals surface area contributed by atoms with E-state index in [1.165, 1.54) is 12.8 Å². The molecule has 2 heterocycles. The summed E-state index contributed by atoms with van der Waals surface area (Å²) in [5.41, 5.74) is 0.0745. The van der Waals surface area contributed by atoms with Gasteiger partial charge in [0.25, 0.3) is 5.56 Å². The maximum absolute atomic E-state index is 11.9. The van der Waals surface area contributed by atoms with E-state index in [0.29, 0.717) is 9.67 Å². The second kappa shape index (κ2) is 5.95. The summed E-state index contributed by atoms with van der Waals surface area (Å²) < 4.78 is 8.02. The minimum absolute atomic E-state index is 0.0745. The molecule has 1 aliphatic heterocycles. The SMILES string of the molecule is Cc1ncc(I)c(=O)n1CCCC1CCCO1. The molecule has 0 N–H and O–H groups in total. The van der Waals surface area contributed by atoms with Crippen molar-refractivity contribution in [2.75, 3.05) is 6.61 Å². The Morgan fingerprint density at radius 3 is 3.18 bits per heavy atom. The highest BCUT2D eigenvalue weighted by atomic mass is 127. The van der Waals surface area contributed by atoms with E-state index < -0.39 is 0 Å². The van der Waals surface area contributed by atoms with E-state index in [-0.39, 0.29) is 5.56 Å². The number of hydrogen-bond acceptors (Lipinski definition) is 3. The highest BCUT2D eigenvalue weighted by Crippen LogP contribution is 2.17. The summed E-state index contributed by atoms with van der Waals surface area (Å²) in [6.45, 7) is 3.52. The average Bonchev–Trinajstić information content (AvgIpc) is 2.81. The Labute approximate surface area is 115 Å². The summed E-state index contributed by atoms with van der Waals surface area (Å²) in [5.74, 6) is 0.794. The van der Waals surface area contributed by atoms with Crippen molar-refractivity contribution in [3.63, 3.8) is 0 Å². The maximum atomic E-state index is 11.9. The Kier molecular flexibility index (Phi) is 4.55. The zero-order chi connectivity index (χ0) is 12.3. The lowest BCUT2D eigenvalue weighted by Crippen LogP contribution is -2.26. The molecule has 0 bridgehead atoms. The van der Waals surface area contributed by atoms with Gasteiger partial charge in [-0.3, -0.25) is 9.36 Å². The standard InChI is InChI=1S/C12H17IN2O2/c1-9-14-8-11(13)12(16)15(9)6-2-4-10-5-3-7-17-10/h8,10H,2-7H2,1H3. The first-order chi connectivity index (χ1) is 8.18. The molecule has 5 heteroatoms. The fraction of sp³-hybridized carbons (Fsp3) is 0.667. The van der Waals surface area contributed by atoms with Gasteiger partial charge in [-0.25, -0.2) is 4.98 Å². The maximum Gasteiger partial charge on any atom is 0.266 e. The lowest BCUT2D eigenvalue weighted by molar-refractivity contribution is 0.101. The van der Waals surface area contributed by atoms with Crippen molar-refractivity contribution in [2.24, 2.45) is 0 Å². The lowest BCUT2D eigenvalue weighted by Gasteiger charge is -2.11. The van der Waals surface area contributed by atoms with Crippen LogP contribution in [0.3, 0.4) is 0 Å². The molecule has 0 radical (unpaired) electrons. The van der Waals surface area contributed by atoms with Crippen molar-refractivity contribution in [1.29, 1.82) is 0 Å². The molecule has 1 saturated heterocycles. The Balaban J connectivity index is 1.94. The molecule has 0 saturated carbocycles. The number of aromatic nitrogens is 2. The van der Waals surface area contributed by atoms with E-state index in [1.807, 2.05) is 29.5 Å². The zero-order valence-corrected chi connectivity index (χ0v) is 12.1. The van der Waals surface area contributed by atoms with E-state index in [1.54, 1.807) is 10.8 Å². The quantitative estimate of drug-likeness (QED) is 0.783. The molecule has 0 aromatic carbocycles. The van der Waals surface area contributed by atoms with Gasteiger partial charge in [0.2, 0.25) is 0 Å². The van der Waals surface area contributed by atoms with Crippen LogP contribution in [-0.2, 0) is 11.3 Å². The third kappa shape index (κ3) is 3.28. The molecular formula is C12H17IN2O2. The van der Waals surface area contributed by atoms with Crippen LogP contribution < -0.4 is 5.56 Å². The van der Waals surface area contributed by atoms with E-state index >= 15 is 0 Å². The molecule has 94 valence electrons. The summed E-state index contributed by atoms with van der Waals surface area (Å²) in [6, 6.07) is 0. The first-order valence-electron chi connectivity index (χ1n) is 6.02. The van der Waals surface area contributed by atoms with Crippen LogP contribution in [0.5, 0.6) is 0 Å². The molecule has 1 fully saturated rings. The van der Waals surface area contributed by atoms with Crippen LogP contribution in [0.25, 0.3) is 0 Å². The summed E-state index contributed by atoms with van der Waals surface area (Å²) in [7, 11) is 0.